The fourth-order valence-corrected chi connectivity index (χ4v) is 0.770. The van der Waals surface area contributed by atoms with E-state index in [1.54, 1.807) is 0 Å². The summed E-state index contributed by atoms with van der Waals surface area (Å²) in [7, 11) is 0. The van der Waals surface area contributed by atoms with Crippen molar-refractivity contribution in [2.24, 2.45) is 0 Å². The number of nitrogen functional groups attached to an aromatic ring is 1. The third-order valence-corrected chi connectivity index (χ3v) is 1.56. The SMILES string of the molecule is Nn1c(C(F)(F)C(F)F)n[nH]c1=S. The van der Waals surface area contributed by atoms with E-state index in [1.807, 2.05) is 5.10 Å². The van der Waals surface area contributed by atoms with Gasteiger partial charge in [-0.05, 0) is 12.2 Å². The summed E-state index contributed by atoms with van der Waals surface area (Å²) in [5, 5.41) is 4.77. The molecule has 9 heteroatoms. The van der Waals surface area contributed by atoms with Gasteiger partial charge in [-0.2, -0.15) is 13.9 Å². The zero-order valence-corrected chi connectivity index (χ0v) is 6.79. The lowest BCUT2D eigenvalue weighted by Gasteiger charge is -2.12. The Hall–Kier alpha value is -1.12. The van der Waals surface area contributed by atoms with Crippen molar-refractivity contribution < 1.29 is 17.6 Å². The van der Waals surface area contributed by atoms with E-state index in [0.717, 1.165) is 0 Å². The number of nitrogens with zero attached hydrogens (tertiary/aromatic N) is 2. The van der Waals surface area contributed by atoms with Crippen molar-refractivity contribution >= 4 is 12.2 Å². The molecule has 1 aromatic heterocycles. The molecule has 0 radical (unpaired) electrons. The number of H-pyrrole nitrogens is 1. The van der Waals surface area contributed by atoms with Crippen molar-refractivity contribution in [3.63, 3.8) is 0 Å². The molecule has 0 atom stereocenters. The standard InChI is InChI=1S/C4H4F4N4S/c5-1(6)4(7,8)2-10-11-3(13)12(2)9/h1H,9H2,(H,11,13). The van der Waals surface area contributed by atoms with Crippen molar-refractivity contribution in [2.45, 2.75) is 12.3 Å². The van der Waals surface area contributed by atoms with Crippen LogP contribution < -0.4 is 5.84 Å². The second-order valence-electron chi connectivity index (χ2n) is 2.15. The molecule has 1 rings (SSSR count). The van der Waals surface area contributed by atoms with Crippen LogP contribution in [0.4, 0.5) is 17.6 Å². The minimum absolute atomic E-state index is 0.210. The first-order valence-corrected chi connectivity index (χ1v) is 3.37. The summed E-state index contributed by atoms with van der Waals surface area (Å²) in [4.78, 5) is 0. The largest absolute Gasteiger partial charge is 0.367 e. The Balaban J connectivity index is 3.22. The monoisotopic (exact) mass is 216 g/mol. The molecule has 0 unspecified atom stereocenters. The minimum Gasteiger partial charge on any atom is -0.335 e. The van der Waals surface area contributed by atoms with Gasteiger partial charge in [-0.3, -0.25) is 0 Å². The molecule has 0 aliphatic carbocycles. The average Bonchev–Trinajstić information content (AvgIpc) is 2.33. The highest BCUT2D eigenvalue weighted by atomic mass is 32.1. The van der Waals surface area contributed by atoms with Crippen LogP contribution in [0.25, 0.3) is 0 Å². The van der Waals surface area contributed by atoms with Gasteiger partial charge in [0, 0.05) is 0 Å². The molecule has 0 saturated carbocycles. The maximum atomic E-state index is 12.6. The first-order valence-electron chi connectivity index (χ1n) is 2.96. The van der Waals surface area contributed by atoms with E-state index < -0.39 is 18.2 Å². The molecule has 74 valence electrons. The summed E-state index contributed by atoms with van der Waals surface area (Å²) in [5.74, 6) is -0.753. The lowest BCUT2D eigenvalue weighted by atomic mass is 10.3. The third-order valence-electron chi connectivity index (χ3n) is 1.28. The molecule has 0 aliphatic heterocycles. The van der Waals surface area contributed by atoms with Gasteiger partial charge in [0.2, 0.25) is 10.6 Å². The first kappa shape index (κ1) is 9.96. The number of nitrogens with one attached hydrogen (secondary N) is 1. The normalized spacial score (nSPS) is 12.4. The van der Waals surface area contributed by atoms with Gasteiger partial charge in [0.05, 0.1) is 0 Å². The number of aromatic amines is 1. The van der Waals surface area contributed by atoms with Crippen molar-refractivity contribution in [1.29, 1.82) is 0 Å². The third kappa shape index (κ3) is 1.50. The molecule has 1 heterocycles. The molecular weight excluding hydrogens is 212 g/mol. The van der Waals surface area contributed by atoms with E-state index in [1.165, 1.54) is 0 Å². The molecule has 0 fully saturated rings. The average molecular weight is 216 g/mol. The summed E-state index contributed by atoms with van der Waals surface area (Å²) in [5.41, 5.74) is 0. The minimum atomic E-state index is -4.40. The van der Waals surface area contributed by atoms with Gasteiger partial charge in [0.15, 0.2) is 0 Å². The highest BCUT2D eigenvalue weighted by molar-refractivity contribution is 7.71. The predicted octanol–water partition coefficient (Wildman–Crippen LogP) is 1.01. The Kier molecular flexibility index (Phi) is 2.28. The van der Waals surface area contributed by atoms with Gasteiger partial charge in [-0.25, -0.2) is 18.6 Å². The summed E-state index contributed by atoms with van der Waals surface area (Å²) in [6.45, 7) is 0. The van der Waals surface area contributed by atoms with Crippen LogP contribution in [0.5, 0.6) is 0 Å². The van der Waals surface area contributed by atoms with Crippen LogP contribution in [0.2, 0.25) is 0 Å². The molecule has 0 saturated heterocycles. The number of rotatable bonds is 2. The number of aromatic nitrogens is 3. The van der Waals surface area contributed by atoms with Crippen molar-refractivity contribution in [2.75, 3.05) is 5.84 Å². The Morgan fingerprint density at radius 1 is 1.54 bits per heavy atom. The molecule has 0 spiro atoms. The van der Waals surface area contributed by atoms with E-state index in [9.17, 15) is 17.6 Å². The summed E-state index contributed by atoms with van der Waals surface area (Å²) >= 11 is 4.37. The fraction of sp³-hybridized carbons (Fsp3) is 0.500. The lowest BCUT2D eigenvalue weighted by Crippen LogP contribution is -2.30. The molecular formula is C4H4F4N4S. The summed E-state index contributed by atoms with van der Waals surface area (Å²) < 4.78 is 48.6. The van der Waals surface area contributed by atoms with Crippen molar-refractivity contribution in [3.8, 4) is 0 Å². The molecule has 1 aromatic rings. The van der Waals surface area contributed by atoms with E-state index in [0.29, 0.717) is 0 Å². The smallest absolute Gasteiger partial charge is 0.335 e. The van der Waals surface area contributed by atoms with Gasteiger partial charge in [-0.1, -0.05) is 0 Å². The molecule has 0 bridgehead atoms. The van der Waals surface area contributed by atoms with E-state index in [4.69, 9.17) is 5.84 Å². The fourth-order valence-electron chi connectivity index (χ4n) is 0.637. The van der Waals surface area contributed by atoms with Gasteiger partial charge < -0.3 is 5.84 Å². The maximum Gasteiger partial charge on any atom is 0.367 e. The number of alkyl halides is 4. The first-order chi connectivity index (χ1) is 5.87. The topological polar surface area (TPSA) is 59.6 Å². The van der Waals surface area contributed by atoms with Crippen LogP contribution in [-0.4, -0.2) is 21.3 Å². The van der Waals surface area contributed by atoms with Gasteiger partial charge in [-0.15, -0.1) is 0 Å². The maximum absolute atomic E-state index is 12.6. The highest BCUT2D eigenvalue weighted by Gasteiger charge is 2.47. The Morgan fingerprint density at radius 2 is 2.08 bits per heavy atom. The van der Waals surface area contributed by atoms with Crippen molar-refractivity contribution in [3.05, 3.63) is 10.6 Å². The molecule has 0 amide bonds. The number of hydrogen-bond donors (Lipinski definition) is 2. The van der Waals surface area contributed by atoms with E-state index >= 15 is 0 Å². The van der Waals surface area contributed by atoms with Crippen LogP contribution >= 0.6 is 12.2 Å². The number of hydrogen-bond acceptors (Lipinski definition) is 3. The van der Waals surface area contributed by atoms with Gasteiger partial charge in [0.25, 0.3) is 0 Å². The Morgan fingerprint density at radius 3 is 2.38 bits per heavy atom. The molecule has 13 heavy (non-hydrogen) atoms. The van der Waals surface area contributed by atoms with Crippen LogP contribution in [0.15, 0.2) is 0 Å². The zero-order chi connectivity index (χ0) is 10.2. The van der Waals surface area contributed by atoms with Crippen LogP contribution in [-0.2, 0) is 5.92 Å². The quantitative estimate of drug-likeness (QED) is 0.440. The number of nitrogens with two attached hydrogens (primary N) is 1. The van der Waals surface area contributed by atoms with Gasteiger partial charge in [0.1, 0.15) is 0 Å². The van der Waals surface area contributed by atoms with Crippen LogP contribution in [0.3, 0.4) is 0 Å². The van der Waals surface area contributed by atoms with Gasteiger partial charge >= 0.3 is 12.3 Å². The molecule has 0 aliphatic rings. The molecule has 3 N–H and O–H groups in total. The van der Waals surface area contributed by atoms with E-state index in [-0.39, 0.29) is 9.45 Å². The Bertz CT molecular complexity index is 355. The lowest BCUT2D eigenvalue weighted by molar-refractivity contribution is -0.142. The molecule has 0 aromatic carbocycles. The van der Waals surface area contributed by atoms with E-state index in [2.05, 4.69) is 17.3 Å². The number of halogens is 4. The predicted molar refractivity (Wildman–Crippen MR) is 37.5 cm³/mol. The van der Waals surface area contributed by atoms with Crippen LogP contribution in [0, 0.1) is 4.77 Å². The second-order valence-corrected chi connectivity index (χ2v) is 2.53. The summed E-state index contributed by atoms with van der Waals surface area (Å²) in [6, 6.07) is 0. The van der Waals surface area contributed by atoms with Crippen molar-refractivity contribution in [1.82, 2.24) is 14.9 Å². The highest BCUT2D eigenvalue weighted by Crippen LogP contribution is 2.32. The zero-order valence-electron chi connectivity index (χ0n) is 5.97. The second kappa shape index (κ2) is 2.98. The van der Waals surface area contributed by atoms with Crippen LogP contribution in [0.1, 0.15) is 5.82 Å². The Labute approximate surface area is 74.3 Å². The summed E-state index contributed by atoms with van der Waals surface area (Å²) in [6.07, 6.45) is -3.88. The molecule has 4 nitrogen and oxygen atoms in total.